The second kappa shape index (κ2) is 6.88. The fourth-order valence-electron chi connectivity index (χ4n) is 2.03. The maximum atomic E-state index is 10.8. The molecule has 0 unspecified atom stereocenters. The first-order chi connectivity index (χ1) is 9.58. The SMILES string of the molecule is CC(=O)[O][Pb][O]c1c(C)cc(-c2ccccc2)cc1C. The van der Waals surface area contributed by atoms with E-state index >= 15 is 0 Å². The average Bonchev–Trinajstić information content (AvgIpc) is 2.42. The fourth-order valence-corrected chi connectivity index (χ4v) is 4.22. The van der Waals surface area contributed by atoms with Gasteiger partial charge in [-0.2, -0.15) is 0 Å². The molecule has 0 fully saturated rings. The second-order valence-electron chi connectivity index (χ2n) is 4.58. The summed E-state index contributed by atoms with van der Waals surface area (Å²) in [5, 5.41) is 0. The van der Waals surface area contributed by atoms with Crippen molar-refractivity contribution in [1.29, 1.82) is 0 Å². The van der Waals surface area contributed by atoms with E-state index in [-0.39, 0.29) is 5.97 Å². The zero-order valence-electron chi connectivity index (χ0n) is 11.8. The molecule has 0 saturated heterocycles. The summed E-state index contributed by atoms with van der Waals surface area (Å²) >= 11 is -1.80. The average molecular weight is 464 g/mol. The summed E-state index contributed by atoms with van der Waals surface area (Å²) in [5.41, 5.74) is 4.51. The second-order valence-corrected chi connectivity index (χ2v) is 6.82. The van der Waals surface area contributed by atoms with Crippen LogP contribution in [0.25, 0.3) is 11.1 Å². The molecule has 0 saturated carbocycles. The molecular weight excluding hydrogens is 447 g/mol. The molecule has 0 N–H and O–H groups in total. The standard InChI is InChI=1S/C14H14O.C2H4O2.Pb/c1-10-8-13(9-11(2)14(10)15)12-6-4-3-5-7-12;1-2(3)4;/h3-9,15H,1-2H3;1H3,(H,3,4);/q;;+2/p-2. The van der Waals surface area contributed by atoms with Gasteiger partial charge in [0.2, 0.25) is 0 Å². The van der Waals surface area contributed by atoms with Gasteiger partial charge in [-0.05, 0) is 0 Å². The van der Waals surface area contributed by atoms with E-state index in [1.165, 1.54) is 18.1 Å². The minimum absolute atomic E-state index is 0.260. The zero-order valence-corrected chi connectivity index (χ0v) is 15.7. The van der Waals surface area contributed by atoms with Gasteiger partial charge in [-0.15, -0.1) is 0 Å². The quantitative estimate of drug-likeness (QED) is 0.652. The molecule has 2 rings (SSSR count). The minimum atomic E-state index is -1.80. The van der Waals surface area contributed by atoms with Gasteiger partial charge in [0.05, 0.1) is 0 Å². The Bertz CT molecular complexity index is 585. The van der Waals surface area contributed by atoms with Crippen molar-refractivity contribution < 1.29 is 10.2 Å². The number of rotatable bonds is 4. The van der Waals surface area contributed by atoms with Crippen LogP contribution in [0, 0.1) is 13.8 Å². The van der Waals surface area contributed by atoms with Crippen LogP contribution in [-0.2, 0) is 7.48 Å². The van der Waals surface area contributed by atoms with E-state index < -0.39 is 25.1 Å². The van der Waals surface area contributed by atoms with Gasteiger partial charge in [-0.25, -0.2) is 0 Å². The van der Waals surface area contributed by atoms with Crippen molar-refractivity contribution in [3.63, 3.8) is 0 Å². The van der Waals surface area contributed by atoms with Crippen molar-refractivity contribution in [1.82, 2.24) is 0 Å². The summed E-state index contributed by atoms with van der Waals surface area (Å²) in [6, 6.07) is 14.5. The molecule has 4 heteroatoms. The van der Waals surface area contributed by atoms with Gasteiger partial charge in [0.25, 0.3) is 0 Å². The summed E-state index contributed by atoms with van der Waals surface area (Å²) in [4.78, 5) is 10.8. The first-order valence-corrected chi connectivity index (χ1v) is 9.51. The van der Waals surface area contributed by atoms with Crippen LogP contribution < -0.4 is 2.69 Å². The third kappa shape index (κ3) is 3.82. The molecule has 0 aromatic heterocycles. The van der Waals surface area contributed by atoms with Gasteiger partial charge in [0.15, 0.2) is 0 Å². The molecule has 102 valence electrons. The van der Waals surface area contributed by atoms with Crippen molar-refractivity contribution in [3.05, 3.63) is 53.6 Å². The Kier molecular flexibility index (Phi) is 5.17. The third-order valence-electron chi connectivity index (χ3n) is 2.90. The van der Waals surface area contributed by atoms with E-state index in [1.54, 1.807) is 0 Å². The Morgan fingerprint density at radius 2 is 1.60 bits per heavy atom. The van der Waals surface area contributed by atoms with Crippen LogP contribution in [0.3, 0.4) is 0 Å². The van der Waals surface area contributed by atoms with Crippen LogP contribution in [0.15, 0.2) is 42.5 Å². The molecule has 0 bridgehead atoms. The number of hydrogen-bond acceptors (Lipinski definition) is 3. The summed E-state index contributed by atoms with van der Waals surface area (Å²) in [7, 11) is 0. The van der Waals surface area contributed by atoms with Gasteiger partial charge in [-0.3, -0.25) is 0 Å². The summed E-state index contributed by atoms with van der Waals surface area (Å²) in [6.07, 6.45) is 0. The molecule has 20 heavy (non-hydrogen) atoms. The first-order valence-electron chi connectivity index (χ1n) is 6.34. The van der Waals surface area contributed by atoms with E-state index in [9.17, 15) is 4.79 Å². The number of hydrogen-bond donors (Lipinski definition) is 0. The van der Waals surface area contributed by atoms with Crippen LogP contribution in [-0.4, -0.2) is 31.1 Å². The van der Waals surface area contributed by atoms with Crippen molar-refractivity contribution in [2.45, 2.75) is 20.8 Å². The van der Waals surface area contributed by atoms with E-state index in [1.807, 2.05) is 32.0 Å². The normalized spacial score (nSPS) is 10.2. The molecule has 3 nitrogen and oxygen atoms in total. The molecule has 2 radical (unpaired) electrons. The molecular formula is C16H16O3Pb. The Morgan fingerprint density at radius 1 is 1.00 bits per heavy atom. The number of benzene rings is 2. The number of carbonyl (C=O) groups is 1. The van der Waals surface area contributed by atoms with Gasteiger partial charge in [0, 0.05) is 0 Å². The molecule has 0 amide bonds. The van der Waals surface area contributed by atoms with Crippen molar-refractivity contribution in [3.8, 4) is 16.9 Å². The summed E-state index contributed by atoms with van der Waals surface area (Å²) in [6.45, 7) is 5.45. The monoisotopic (exact) mass is 464 g/mol. The molecule has 2 aromatic rings. The molecule has 0 aliphatic carbocycles. The van der Waals surface area contributed by atoms with Crippen LogP contribution in [0.5, 0.6) is 5.75 Å². The molecule has 0 spiro atoms. The fraction of sp³-hybridized carbons (Fsp3) is 0.188. The number of carbonyl (C=O) groups excluding carboxylic acids is 1. The Balaban J connectivity index is 2.23. The Labute approximate surface area is 132 Å². The van der Waals surface area contributed by atoms with Crippen LogP contribution in [0.1, 0.15) is 18.1 Å². The van der Waals surface area contributed by atoms with Gasteiger partial charge in [0.1, 0.15) is 0 Å². The van der Waals surface area contributed by atoms with Crippen molar-refractivity contribution in [2.24, 2.45) is 0 Å². The molecule has 0 atom stereocenters. The van der Waals surface area contributed by atoms with Gasteiger partial charge < -0.3 is 0 Å². The van der Waals surface area contributed by atoms with Crippen molar-refractivity contribution in [2.75, 3.05) is 0 Å². The van der Waals surface area contributed by atoms with E-state index in [2.05, 4.69) is 24.3 Å². The molecule has 0 aliphatic heterocycles. The van der Waals surface area contributed by atoms with Gasteiger partial charge >= 0.3 is 133 Å². The Hall–Kier alpha value is -1.37. The number of aryl methyl sites for hydroxylation is 2. The van der Waals surface area contributed by atoms with Crippen molar-refractivity contribution >= 4 is 31.1 Å². The van der Waals surface area contributed by atoms with Crippen LogP contribution >= 0.6 is 0 Å². The predicted molar refractivity (Wildman–Crippen MR) is 79.5 cm³/mol. The molecule has 0 heterocycles. The summed E-state index contributed by atoms with van der Waals surface area (Å²) < 4.78 is 10.7. The predicted octanol–water partition coefficient (Wildman–Crippen LogP) is 3.45. The Morgan fingerprint density at radius 3 is 2.15 bits per heavy atom. The first kappa shape index (κ1) is 15.0. The third-order valence-corrected chi connectivity index (χ3v) is 5.46. The van der Waals surface area contributed by atoms with Crippen LogP contribution in [0.2, 0.25) is 0 Å². The molecule has 2 aromatic carbocycles. The van der Waals surface area contributed by atoms with Gasteiger partial charge in [-0.1, -0.05) is 0 Å². The van der Waals surface area contributed by atoms with E-state index in [0.717, 1.165) is 16.9 Å². The van der Waals surface area contributed by atoms with E-state index in [0.29, 0.717) is 0 Å². The summed E-state index contributed by atoms with van der Waals surface area (Å²) in [5.74, 6) is 0.596. The van der Waals surface area contributed by atoms with Crippen LogP contribution in [0.4, 0.5) is 0 Å². The topological polar surface area (TPSA) is 35.5 Å². The van der Waals surface area contributed by atoms with E-state index in [4.69, 9.17) is 5.37 Å². The molecule has 0 aliphatic rings. The maximum absolute atomic E-state index is 10.8. The zero-order chi connectivity index (χ0) is 14.5.